The van der Waals surface area contributed by atoms with E-state index in [0.29, 0.717) is 18.4 Å². The van der Waals surface area contributed by atoms with Gasteiger partial charge in [0.05, 0.1) is 0 Å². The molecule has 2 amide bonds. The van der Waals surface area contributed by atoms with Crippen LogP contribution in [-0.4, -0.2) is 48.6 Å². The minimum Gasteiger partial charge on any atom is -0.330 e. The molecule has 2 atom stereocenters. The SMILES string of the molecule is CC1CCCN(C(=O)N2CCC(CN)C2)C1. The fourth-order valence-corrected chi connectivity index (χ4v) is 2.76. The fourth-order valence-electron chi connectivity index (χ4n) is 2.76. The number of carbonyl (C=O) groups excluding carboxylic acids is 1. The molecule has 92 valence electrons. The summed E-state index contributed by atoms with van der Waals surface area (Å²) in [6.07, 6.45) is 3.49. The van der Waals surface area contributed by atoms with Gasteiger partial charge in [0.2, 0.25) is 0 Å². The molecule has 2 aliphatic rings. The van der Waals surface area contributed by atoms with Crippen molar-refractivity contribution in [1.29, 1.82) is 0 Å². The number of nitrogens with two attached hydrogens (primary N) is 1. The summed E-state index contributed by atoms with van der Waals surface area (Å²) in [5.41, 5.74) is 5.65. The number of amides is 2. The van der Waals surface area contributed by atoms with Crippen molar-refractivity contribution in [3.05, 3.63) is 0 Å². The van der Waals surface area contributed by atoms with Crippen molar-refractivity contribution in [3.8, 4) is 0 Å². The quantitative estimate of drug-likeness (QED) is 0.727. The van der Waals surface area contributed by atoms with E-state index >= 15 is 0 Å². The standard InChI is InChI=1S/C12H23N3O/c1-10-3-2-5-14(8-10)12(16)15-6-4-11(7-13)9-15/h10-11H,2-9,13H2,1H3. The summed E-state index contributed by atoms with van der Waals surface area (Å²) in [5.74, 6) is 1.18. The average Bonchev–Trinajstić information content (AvgIpc) is 2.76. The third-order valence-electron chi connectivity index (χ3n) is 3.82. The average molecular weight is 225 g/mol. The van der Waals surface area contributed by atoms with Crippen LogP contribution >= 0.6 is 0 Å². The molecule has 2 N–H and O–H groups in total. The molecule has 2 unspecified atom stereocenters. The maximum absolute atomic E-state index is 12.2. The Morgan fingerprint density at radius 3 is 2.62 bits per heavy atom. The molecule has 0 aromatic heterocycles. The van der Waals surface area contributed by atoms with Crippen LogP contribution in [0.2, 0.25) is 0 Å². The Labute approximate surface area is 97.8 Å². The molecule has 4 nitrogen and oxygen atoms in total. The Morgan fingerprint density at radius 1 is 1.25 bits per heavy atom. The maximum atomic E-state index is 12.2. The summed E-state index contributed by atoms with van der Waals surface area (Å²) < 4.78 is 0. The van der Waals surface area contributed by atoms with Gasteiger partial charge in [-0.2, -0.15) is 0 Å². The number of rotatable bonds is 1. The van der Waals surface area contributed by atoms with Gasteiger partial charge < -0.3 is 15.5 Å². The summed E-state index contributed by atoms with van der Waals surface area (Å²) in [6, 6.07) is 0.238. The Kier molecular flexibility index (Phi) is 3.69. The van der Waals surface area contributed by atoms with Crippen LogP contribution in [0.4, 0.5) is 4.79 Å². The molecule has 0 bridgehead atoms. The van der Waals surface area contributed by atoms with Gasteiger partial charge in [0.15, 0.2) is 0 Å². The molecular formula is C12H23N3O. The van der Waals surface area contributed by atoms with Gasteiger partial charge in [-0.25, -0.2) is 4.79 Å². The molecule has 2 saturated heterocycles. The maximum Gasteiger partial charge on any atom is 0.320 e. The molecule has 0 saturated carbocycles. The van der Waals surface area contributed by atoms with E-state index in [-0.39, 0.29) is 6.03 Å². The summed E-state index contributed by atoms with van der Waals surface area (Å²) >= 11 is 0. The largest absolute Gasteiger partial charge is 0.330 e. The first-order chi connectivity index (χ1) is 7.70. The van der Waals surface area contributed by atoms with Gasteiger partial charge in [0, 0.05) is 26.2 Å². The molecule has 0 spiro atoms. The van der Waals surface area contributed by atoms with Crippen molar-refractivity contribution in [3.63, 3.8) is 0 Å². The molecule has 16 heavy (non-hydrogen) atoms. The zero-order chi connectivity index (χ0) is 11.5. The molecule has 2 fully saturated rings. The van der Waals surface area contributed by atoms with Gasteiger partial charge in [0.25, 0.3) is 0 Å². The van der Waals surface area contributed by atoms with Gasteiger partial charge in [-0.3, -0.25) is 0 Å². The highest BCUT2D eigenvalue weighted by molar-refractivity contribution is 5.74. The Bertz CT molecular complexity index is 257. The summed E-state index contributed by atoms with van der Waals surface area (Å²) in [5, 5.41) is 0. The third-order valence-corrected chi connectivity index (χ3v) is 3.82. The molecule has 0 aromatic rings. The number of piperidine rings is 1. The van der Waals surface area contributed by atoms with Crippen molar-refractivity contribution in [2.45, 2.75) is 26.2 Å². The lowest BCUT2D eigenvalue weighted by atomic mass is 10.0. The van der Waals surface area contributed by atoms with E-state index in [0.717, 1.165) is 39.0 Å². The molecule has 2 heterocycles. The lowest BCUT2D eigenvalue weighted by molar-refractivity contribution is 0.138. The summed E-state index contributed by atoms with van der Waals surface area (Å²) in [4.78, 5) is 16.2. The van der Waals surface area contributed by atoms with Crippen molar-refractivity contribution in [2.75, 3.05) is 32.7 Å². The van der Waals surface area contributed by atoms with Gasteiger partial charge in [-0.15, -0.1) is 0 Å². The van der Waals surface area contributed by atoms with Crippen LogP contribution in [0, 0.1) is 11.8 Å². The third kappa shape index (κ3) is 2.48. The normalized spacial score (nSPS) is 30.9. The van der Waals surface area contributed by atoms with Crippen molar-refractivity contribution in [1.82, 2.24) is 9.80 Å². The molecule has 0 aliphatic carbocycles. The van der Waals surface area contributed by atoms with Gasteiger partial charge >= 0.3 is 6.03 Å². The zero-order valence-electron chi connectivity index (χ0n) is 10.2. The van der Waals surface area contributed by atoms with Gasteiger partial charge in [0.1, 0.15) is 0 Å². The molecular weight excluding hydrogens is 202 g/mol. The number of carbonyl (C=O) groups is 1. The second kappa shape index (κ2) is 5.04. The monoisotopic (exact) mass is 225 g/mol. The molecule has 2 aliphatic heterocycles. The summed E-state index contributed by atoms with van der Waals surface area (Å²) in [7, 11) is 0. The van der Waals surface area contributed by atoms with Crippen LogP contribution in [-0.2, 0) is 0 Å². The molecule has 4 heteroatoms. The second-order valence-corrected chi connectivity index (χ2v) is 5.31. The second-order valence-electron chi connectivity index (χ2n) is 5.31. The topological polar surface area (TPSA) is 49.6 Å². The van der Waals surface area contributed by atoms with Gasteiger partial charge in [-0.05, 0) is 37.6 Å². The summed E-state index contributed by atoms with van der Waals surface area (Å²) in [6.45, 7) is 6.56. The van der Waals surface area contributed by atoms with E-state index < -0.39 is 0 Å². The highest BCUT2D eigenvalue weighted by Crippen LogP contribution is 2.20. The predicted octanol–water partition coefficient (Wildman–Crippen LogP) is 1.12. The van der Waals surface area contributed by atoms with Gasteiger partial charge in [-0.1, -0.05) is 6.92 Å². The number of hydrogen-bond acceptors (Lipinski definition) is 2. The minimum atomic E-state index is 0.238. The number of urea groups is 1. The van der Waals surface area contributed by atoms with E-state index in [1.165, 1.54) is 6.42 Å². The number of nitrogens with zero attached hydrogens (tertiary/aromatic N) is 2. The van der Waals surface area contributed by atoms with Crippen LogP contribution in [0.3, 0.4) is 0 Å². The number of likely N-dealkylation sites (tertiary alicyclic amines) is 2. The van der Waals surface area contributed by atoms with Crippen LogP contribution in [0.5, 0.6) is 0 Å². The lowest BCUT2D eigenvalue weighted by Gasteiger charge is -2.34. The van der Waals surface area contributed by atoms with E-state index in [4.69, 9.17) is 5.73 Å². The first-order valence-electron chi connectivity index (χ1n) is 6.44. The zero-order valence-corrected chi connectivity index (χ0v) is 10.2. The van der Waals surface area contributed by atoms with Crippen molar-refractivity contribution < 1.29 is 4.79 Å². The smallest absolute Gasteiger partial charge is 0.320 e. The first-order valence-corrected chi connectivity index (χ1v) is 6.44. The minimum absolute atomic E-state index is 0.238. The Balaban J connectivity index is 1.87. The fraction of sp³-hybridized carbons (Fsp3) is 0.917. The molecule has 2 rings (SSSR count). The van der Waals surface area contributed by atoms with Crippen LogP contribution in [0.15, 0.2) is 0 Å². The molecule has 0 aromatic carbocycles. The van der Waals surface area contributed by atoms with Crippen LogP contribution in [0.25, 0.3) is 0 Å². The van der Waals surface area contributed by atoms with Crippen molar-refractivity contribution in [2.24, 2.45) is 17.6 Å². The van der Waals surface area contributed by atoms with Crippen LogP contribution in [0.1, 0.15) is 26.2 Å². The highest BCUT2D eigenvalue weighted by Gasteiger charge is 2.30. The van der Waals surface area contributed by atoms with E-state index in [9.17, 15) is 4.79 Å². The Hall–Kier alpha value is -0.770. The van der Waals surface area contributed by atoms with Crippen molar-refractivity contribution >= 4 is 6.03 Å². The number of hydrogen-bond donors (Lipinski definition) is 1. The highest BCUT2D eigenvalue weighted by atomic mass is 16.2. The lowest BCUT2D eigenvalue weighted by Crippen LogP contribution is -2.46. The van der Waals surface area contributed by atoms with Crippen LogP contribution < -0.4 is 5.73 Å². The molecule has 0 radical (unpaired) electrons. The Morgan fingerprint density at radius 2 is 2.00 bits per heavy atom. The predicted molar refractivity (Wildman–Crippen MR) is 64.1 cm³/mol. The van der Waals surface area contributed by atoms with E-state index in [1.807, 2.05) is 9.80 Å². The van der Waals surface area contributed by atoms with E-state index in [1.54, 1.807) is 0 Å². The van der Waals surface area contributed by atoms with E-state index in [2.05, 4.69) is 6.92 Å². The first kappa shape index (κ1) is 11.7.